The minimum Gasteiger partial charge on any atom is -0.310 e. The van der Waals surface area contributed by atoms with E-state index in [0.717, 1.165) is 24.4 Å². The summed E-state index contributed by atoms with van der Waals surface area (Å²) < 4.78 is 0. The van der Waals surface area contributed by atoms with Gasteiger partial charge in [0.1, 0.15) is 0 Å². The Kier molecular flexibility index (Phi) is 3.99. The topological polar surface area (TPSA) is 12.0 Å². The summed E-state index contributed by atoms with van der Waals surface area (Å²) in [7, 11) is 0. The first-order valence-electron chi connectivity index (χ1n) is 7.69. The van der Waals surface area contributed by atoms with Crippen LogP contribution in [-0.4, -0.2) is 6.04 Å². The number of hydrogen-bond acceptors (Lipinski definition) is 1. The number of nitrogens with one attached hydrogen (secondary N) is 1. The lowest BCUT2D eigenvalue weighted by Gasteiger charge is -2.39. The zero-order valence-corrected chi connectivity index (χ0v) is 11.3. The fourth-order valence-electron chi connectivity index (χ4n) is 3.92. The molecule has 0 spiro atoms. The number of rotatable bonds is 3. The van der Waals surface area contributed by atoms with Crippen LogP contribution in [0.1, 0.15) is 50.5 Å². The first kappa shape index (κ1) is 12.2. The van der Waals surface area contributed by atoms with Crippen molar-refractivity contribution in [1.82, 2.24) is 5.32 Å². The minimum atomic E-state index is 0.768. The Labute approximate surface area is 111 Å². The molecule has 1 heteroatoms. The molecule has 1 aromatic rings. The van der Waals surface area contributed by atoms with Gasteiger partial charge in [-0.15, -0.1) is 0 Å². The summed E-state index contributed by atoms with van der Waals surface area (Å²) in [4.78, 5) is 0. The highest BCUT2D eigenvalue weighted by Crippen LogP contribution is 2.40. The number of hydrogen-bond donors (Lipinski definition) is 1. The molecule has 1 N–H and O–H groups in total. The molecule has 3 rings (SSSR count). The SMILES string of the molecule is c1ccc(CN[C@@H]2CC[C@@H]3CCCC[C@@H]3C2)cc1. The summed E-state index contributed by atoms with van der Waals surface area (Å²) in [6.07, 6.45) is 10.3. The van der Waals surface area contributed by atoms with Crippen LogP contribution in [0.5, 0.6) is 0 Å². The molecule has 2 saturated carbocycles. The zero-order valence-electron chi connectivity index (χ0n) is 11.3. The van der Waals surface area contributed by atoms with E-state index in [9.17, 15) is 0 Å². The van der Waals surface area contributed by atoms with Crippen LogP contribution >= 0.6 is 0 Å². The maximum atomic E-state index is 3.77. The highest BCUT2D eigenvalue weighted by Gasteiger charge is 2.31. The van der Waals surface area contributed by atoms with Gasteiger partial charge in [0.15, 0.2) is 0 Å². The lowest BCUT2D eigenvalue weighted by molar-refractivity contribution is 0.143. The van der Waals surface area contributed by atoms with Gasteiger partial charge < -0.3 is 5.32 Å². The van der Waals surface area contributed by atoms with E-state index in [1.54, 1.807) is 0 Å². The molecule has 2 aliphatic rings. The summed E-state index contributed by atoms with van der Waals surface area (Å²) in [5, 5.41) is 3.77. The van der Waals surface area contributed by atoms with Crippen molar-refractivity contribution in [2.45, 2.75) is 57.5 Å². The van der Waals surface area contributed by atoms with Crippen LogP contribution in [0.3, 0.4) is 0 Å². The lowest BCUT2D eigenvalue weighted by Crippen LogP contribution is -2.38. The zero-order chi connectivity index (χ0) is 12.2. The molecular formula is C17H25N. The quantitative estimate of drug-likeness (QED) is 0.841. The average Bonchev–Trinajstić information content (AvgIpc) is 2.46. The minimum absolute atomic E-state index is 0.768. The van der Waals surface area contributed by atoms with Gasteiger partial charge in [-0.25, -0.2) is 0 Å². The monoisotopic (exact) mass is 243 g/mol. The molecule has 0 amide bonds. The molecule has 2 aliphatic carbocycles. The van der Waals surface area contributed by atoms with Crippen molar-refractivity contribution in [3.05, 3.63) is 35.9 Å². The Morgan fingerprint density at radius 1 is 0.889 bits per heavy atom. The van der Waals surface area contributed by atoms with Gasteiger partial charge in [-0.2, -0.15) is 0 Å². The van der Waals surface area contributed by atoms with E-state index in [0.29, 0.717) is 0 Å². The van der Waals surface area contributed by atoms with Crippen LogP contribution in [0, 0.1) is 11.8 Å². The number of fused-ring (bicyclic) bond motifs is 1. The molecule has 0 radical (unpaired) electrons. The molecule has 0 saturated heterocycles. The van der Waals surface area contributed by atoms with Crippen molar-refractivity contribution >= 4 is 0 Å². The van der Waals surface area contributed by atoms with E-state index < -0.39 is 0 Å². The maximum Gasteiger partial charge on any atom is 0.0208 e. The Bertz CT molecular complexity index is 359. The van der Waals surface area contributed by atoms with Gasteiger partial charge in [-0.3, -0.25) is 0 Å². The largest absolute Gasteiger partial charge is 0.310 e. The van der Waals surface area contributed by atoms with E-state index in [1.165, 1.54) is 50.5 Å². The average molecular weight is 243 g/mol. The summed E-state index contributed by atoms with van der Waals surface area (Å²) in [5.74, 6) is 2.09. The molecule has 0 bridgehead atoms. The van der Waals surface area contributed by atoms with Gasteiger partial charge in [-0.05, 0) is 36.7 Å². The van der Waals surface area contributed by atoms with E-state index in [4.69, 9.17) is 0 Å². The third kappa shape index (κ3) is 2.95. The molecule has 3 atom stereocenters. The van der Waals surface area contributed by atoms with Gasteiger partial charge >= 0.3 is 0 Å². The second-order valence-electron chi connectivity index (χ2n) is 6.18. The molecule has 0 aromatic heterocycles. The second kappa shape index (κ2) is 5.88. The highest BCUT2D eigenvalue weighted by molar-refractivity contribution is 5.14. The van der Waals surface area contributed by atoms with Crippen molar-refractivity contribution in [3.63, 3.8) is 0 Å². The maximum absolute atomic E-state index is 3.77. The molecule has 2 fully saturated rings. The summed E-state index contributed by atoms with van der Waals surface area (Å²) in [5.41, 5.74) is 1.42. The van der Waals surface area contributed by atoms with Crippen molar-refractivity contribution in [1.29, 1.82) is 0 Å². The number of benzene rings is 1. The first-order valence-corrected chi connectivity index (χ1v) is 7.69. The fourth-order valence-corrected chi connectivity index (χ4v) is 3.92. The van der Waals surface area contributed by atoms with Crippen LogP contribution in [-0.2, 0) is 6.54 Å². The smallest absolute Gasteiger partial charge is 0.0208 e. The fraction of sp³-hybridized carbons (Fsp3) is 0.647. The lowest BCUT2D eigenvalue weighted by atomic mass is 9.69. The normalized spacial score (nSPS) is 31.9. The van der Waals surface area contributed by atoms with Gasteiger partial charge in [-0.1, -0.05) is 56.0 Å². The molecule has 0 unspecified atom stereocenters. The van der Waals surface area contributed by atoms with Crippen molar-refractivity contribution < 1.29 is 0 Å². The van der Waals surface area contributed by atoms with Crippen LogP contribution in [0.25, 0.3) is 0 Å². The van der Waals surface area contributed by atoms with Crippen LogP contribution in [0.15, 0.2) is 30.3 Å². The Hall–Kier alpha value is -0.820. The predicted octanol–water partition coefficient (Wildman–Crippen LogP) is 4.14. The highest BCUT2D eigenvalue weighted by atomic mass is 14.9. The van der Waals surface area contributed by atoms with Gasteiger partial charge in [0.25, 0.3) is 0 Å². The van der Waals surface area contributed by atoms with Crippen molar-refractivity contribution in [3.8, 4) is 0 Å². The predicted molar refractivity (Wildman–Crippen MR) is 76.4 cm³/mol. The van der Waals surface area contributed by atoms with Crippen molar-refractivity contribution in [2.75, 3.05) is 0 Å². The Morgan fingerprint density at radius 2 is 1.67 bits per heavy atom. The van der Waals surface area contributed by atoms with Crippen LogP contribution < -0.4 is 5.32 Å². The van der Waals surface area contributed by atoms with E-state index in [2.05, 4.69) is 35.6 Å². The van der Waals surface area contributed by atoms with Gasteiger partial charge in [0, 0.05) is 12.6 Å². The summed E-state index contributed by atoms with van der Waals surface area (Å²) in [6.45, 7) is 1.04. The molecule has 98 valence electrons. The van der Waals surface area contributed by atoms with Gasteiger partial charge in [0.2, 0.25) is 0 Å². The summed E-state index contributed by atoms with van der Waals surface area (Å²) in [6, 6.07) is 11.6. The molecule has 18 heavy (non-hydrogen) atoms. The second-order valence-corrected chi connectivity index (χ2v) is 6.18. The van der Waals surface area contributed by atoms with Crippen LogP contribution in [0.2, 0.25) is 0 Å². The Balaban J connectivity index is 1.49. The molecule has 1 aromatic carbocycles. The molecule has 1 nitrogen and oxygen atoms in total. The third-order valence-corrected chi connectivity index (χ3v) is 4.98. The first-order chi connectivity index (χ1) is 8.92. The van der Waals surface area contributed by atoms with E-state index >= 15 is 0 Å². The van der Waals surface area contributed by atoms with E-state index in [1.807, 2.05) is 0 Å². The summed E-state index contributed by atoms with van der Waals surface area (Å²) >= 11 is 0. The molecular weight excluding hydrogens is 218 g/mol. The van der Waals surface area contributed by atoms with Gasteiger partial charge in [0.05, 0.1) is 0 Å². The van der Waals surface area contributed by atoms with E-state index in [-0.39, 0.29) is 0 Å². The molecule has 0 heterocycles. The Morgan fingerprint density at radius 3 is 2.50 bits per heavy atom. The molecule has 0 aliphatic heterocycles. The van der Waals surface area contributed by atoms with Crippen LogP contribution in [0.4, 0.5) is 0 Å². The van der Waals surface area contributed by atoms with Crippen molar-refractivity contribution in [2.24, 2.45) is 11.8 Å². The third-order valence-electron chi connectivity index (χ3n) is 4.98. The standard InChI is InChI=1S/C17H25N/c1-2-6-14(7-3-1)13-18-17-11-10-15-8-4-5-9-16(15)12-17/h1-3,6-7,15-18H,4-5,8-13H2/t15-,16+,17+/m0/s1.